The normalized spacial score (nSPS) is 12.8. The maximum absolute atomic E-state index is 13.8. The van der Waals surface area contributed by atoms with Gasteiger partial charge in [-0.05, 0) is 71.6 Å². The van der Waals surface area contributed by atoms with Crippen molar-refractivity contribution in [2.75, 3.05) is 0 Å². The molecule has 2 aromatic heterocycles. The summed E-state index contributed by atoms with van der Waals surface area (Å²) in [4.78, 5) is 19.7. The molecule has 0 bridgehead atoms. The summed E-state index contributed by atoms with van der Waals surface area (Å²) in [6.07, 6.45) is 2.97. The van der Waals surface area contributed by atoms with Gasteiger partial charge in [-0.1, -0.05) is 78.9 Å². The molecule has 0 aliphatic carbocycles. The van der Waals surface area contributed by atoms with Crippen LogP contribution in [0.4, 0.5) is 8.63 Å². The second-order valence-electron chi connectivity index (χ2n) is 10.8. The molecular weight excluding hydrogens is 529 g/mol. The summed E-state index contributed by atoms with van der Waals surface area (Å²) in [5.41, 5.74) is 2.30. The van der Waals surface area contributed by atoms with Crippen molar-refractivity contribution in [3.8, 4) is 11.3 Å². The van der Waals surface area contributed by atoms with E-state index in [4.69, 9.17) is 4.65 Å². The van der Waals surface area contributed by atoms with Crippen LogP contribution in [0, 0.1) is 0 Å². The Kier molecular flexibility index (Phi) is 4.60. The largest absolute Gasteiger partial charge is 0.796 e. The number of carbonyl (C=O) groups excluding carboxylic acids is 1. The van der Waals surface area contributed by atoms with E-state index in [0.717, 1.165) is 49.7 Å². The van der Waals surface area contributed by atoms with Gasteiger partial charge in [-0.2, -0.15) is 0 Å². The third-order valence-electron chi connectivity index (χ3n) is 8.60. The second-order valence-corrected chi connectivity index (χ2v) is 10.8. The van der Waals surface area contributed by atoms with E-state index in [0.29, 0.717) is 5.69 Å². The van der Waals surface area contributed by atoms with Crippen LogP contribution in [0.25, 0.3) is 81.7 Å². The number of hydrogen-bond acceptors (Lipinski definition) is 2. The van der Waals surface area contributed by atoms with Crippen molar-refractivity contribution >= 4 is 83.6 Å². The number of hydrogen-bond donors (Lipinski definition) is 2. The molecule has 2 heterocycles. The Morgan fingerprint density at radius 1 is 0.667 bits per heavy atom. The number of halogens is 2. The number of rotatable bonds is 6. The van der Waals surface area contributed by atoms with E-state index in [1.165, 1.54) is 32.3 Å². The van der Waals surface area contributed by atoms with Crippen LogP contribution < -0.4 is 0 Å². The van der Waals surface area contributed by atoms with Crippen LogP contribution in [0.1, 0.15) is 16.2 Å². The SMILES string of the molecule is O=C(/C=C(\OB(F)F)c1[nH]cc2c3ccc4ccc5ccc6ccc(c12)c1c6c5c4c31)c1ccc(-c2ccccc2)[nH]1. The van der Waals surface area contributed by atoms with Crippen molar-refractivity contribution in [1.82, 2.24) is 9.97 Å². The van der Waals surface area contributed by atoms with Crippen LogP contribution >= 0.6 is 0 Å². The summed E-state index contributed by atoms with van der Waals surface area (Å²) in [5.74, 6) is -0.677. The Bertz CT molecular complexity index is 2490. The molecule has 0 saturated heterocycles. The first-order chi connectivity index (χ1) is 20.6. The molecule has 0 aliphatic rings. The van der Waals surface area contributed by atoms with Crippen molar-refractivity contribution in [3.05, 3.63) is 115 Å². The van der Waals surface area contributed by atoms with Crippen molar-refractivity contribution in [2.45, 2.75) is 0 Å². The number of fused-ring (bicyclic) bond motifs is 3. The number of nitrogens with one attached hydrogen (secondary N) is 2. The summed E-state index contributed by atoms with van der Waals surface area (Å²) in [7, 11) is -3.11. The summed E-state index contributed by atoms with van der Waals surface area (Å²) in [6.45, 7) is 0. The maximum atomic E-state index is 13.8. The minimum absolute atomic E-state index is 0.211. The highest BCUT2D eigenvalue weighted by atomic mass is 19.2. The van der Waals surface area contributed by atoms with Gasteiger partial charge in [0.05, 0.1) is 11.4 Å². The third kappa shape index (κ3) is 3.08. The molecule has 4 nitrogen and oxygen atoms in total. The minimum Gasteiger partial charge on any atom is -0.503 e. The van der Waals surface area contributed by atoms with Gasteiger partial charge >= 0.3 is 7.47 Å². The van der Waals surface area contributed by atoms with E-state index in [9.17, 15) is 13.4 Å². The molecule has 9 rings (SSSR count). The first-order valence-corrected chi connectivity index (χ1v) is 13.7. The number of H-pyrrole nitrogens is 2. The van der Waals surface area contributed by atoms with Gasteiger partial charge < -0.3 is 14.6 Å². The Balaban J connectivity index is 1.29. The van der Waals surface area contributed by atoms with Crippen LogP contribution in [-0.4, -0.2) is 23.2 Å². The van der Waals surface area contributed by atoms with Crippen molar-refractivity contribution in [1.29, 1.82) is 0 Å². The average molecular weight is 548 g/mol. The van der Waals surface area contributed by atoms with E-state index >= 15 is 0 Å². The fourth-order valence-corrected chi connectivity index (χ4v) is 6.89. The summed E-state index contributed by atoms with van der Waals surface area (Å²) in [6, 6.07) is 30.0. The number of benzene rings is 6. The highest BCUT2D eigenvalue weighted by Crippen LogP contribution is 2.51. The minimum atomic E-state index is -3.11. The zero-order valence-electron chi connectivity index (χ0n) is 22.0. The molecule has 9 aromatic rings. The predicted molar refractivity (Wildman–Crippen MR) is 167 cm³/mol. The number of ketones is 1. The van der Waals surface area contributed by atoms with Gasteiger partial charge in [-0.3, -0.25) is 4.79 Å². The van der Waals surface area contributed by atoms with Crippen LogP contribution in [0.5, 0.6) is 0 Å². The molecular formula is C35H19BF2N2O2. The van der Waals surface area contributed by atoms with Crippen LogP contribution in [0.3, 0.4) is 0 Å². The van der Waals surface area contributed by atoms with Crippen molar-refractivity contribution in [2.24, 2.45) is 0 Å². The first-order valence-electron chi connectivity index (χ1n) is 13.7. The standard InChI is InChI=1S/C35H19BF2N2O2/c37-36(38)42-28(16-27(41)26-15-14-25(40-26)18-4-2-1-3-5-18)35-32-23-13-11-21-9-7-19-6-8-20-10-12-22(24(32)17-39-35)33-30(20)29(19)31(21)34(23)33/h1-17,39-40H/b28-16-. The Morgan fingerprint density at radius 3 is 1.98 bits per heavy atom. The average Bonchev–Trinajstić information content (AvgIpc) is 3.76. The Labute approximate surface area is 237 Å². The maximum Gasteiger partial charge on any atom is 0.796 e. The topological polar surface area (TPSA) is 57.9 Å². The smallest absolute Gasteiger partial charge is 0.503 e. The molecule has 0 unspecified atom stereocenters. The predicted octanol–water partition coefficient (Wildman–Crippen LogP) is 9.41. The highest BCUT2D eigenvalue weighted by Gasteiger charge is 2.27. The molecule has 0 fully saturated rings. The van der Waals surface area contributed by atoms with E-state index in [1.807, 2.05) is 42.6 Å². The molecule has 0 spiro atoms. The molecule has 0 atom stereocenters. The molecule has 0 saturated carbocycles. The zero-order chi connectivity index (χ0) is 28.1. The molecule has 7 heteroatoms. The van der Waals surface area contributed by atoms with Gasteiger partial charge in [0.2, 0.25) is 5.78 Å². The van der Waals surface area contributed by atoms with Gasteiger partial charge in [0.15, 0.2) is 0 Å². The van der Waals surface area contributed by atoms with Gasteiger partial charge in [-0.15, -0.1) is 0 Å². The van der Waals surface area contributed by atoms with E-state index in [-0.39, 0.29) is 11.5 Å². The molecule has 0 radical (unpaired) electrons. The Hall–Kier alpha value is -5.43. The fourth-order valence-electron chi connectivity index (χ4n) is 6.89. The summed E-state index contributed by atoms with van der Waals surface area (Å²) >= 11 is 0. The lowest BCUT2D eigenvalue weighted by Gasteiger charge is -2.11. The first kappa shape index (κ1) is 23.3. The van der Waals surface area contributed by atoms with Crippen molar-refractivity contribution in [3.63, 3.8) is 0 Å². The molecule has 198 valence electrons. The fraction of sp³-hybridized carbons (Fsp3) is 0. The molecule has 2 N–H and O–H groups in total. The van der Waals surface area contributed by atoms with Gasteiger partial charge in [0.25, 0.3) is 0 Å². The number of aromatic amines is 2. The van der Waals surface area contributed by atoms with Gasteiger partial charge in [-0.25, -0.2) is 8.63 Å². The Morgan fingerprint density at radius 2 is 1.29 bits per heavy atom. The quantitative estimate of drug-likeness (QED) is 0.0715. The number of allylic oxidation sites excluding steroid dienone is 1. The van der Waals surface area contributed by atoms with Gasteiger partial charge in [0, 0.05) is 28.7 Å². The molecule has 0 amide bonds. The van der Waals surface area contributed by atoms with Crippen LogP contribution in [-0.2, 0) is 4.65 Å². The number of carbonyl (C=O) groups is 1. The lowest BCUT2D eigenvalue weighted by molar-refractivity contribution is 0.104. The van der Waals surface area contributed by atoms with Gasteiger partial charge in [0.1, 0.15) is 5.76 Å². The summed E-state index contributed by atoms with van der Waals surface area (Å²) in [5, 5.41) is 13.0. The van der Waals surface area contributed by atoms with Crippen LogP contribution in [0.2, 0.25) is 0 Å². The van der Waals surface area contributed by atoms with Crippen molar-refractivity contribution < 1.29 is 18.1 Å². The van der Waals surface area contributed by atoms with E-state index < -0.39 is 13.3 Å². The van der Waals surface area contributed by atoms with E-state index in [2.05, 4.69) is 52.4 Å². The zero-order valence-corrected chi connectivity index (χ0v) is 22.0. The molecule has 42 heavy (non-hydrogen) atoms. The number of aromatic nitrogens is 2. The summed E-state index contributed by atoms with van der Waals surface area (Å²) < 4.78 is 32.7. The second kappa shape index (κ2) is 8.30. The molecule has 0 aliphatic heterocycles. The monoisotopic (exact) mass is 548 g/mol. The lowest BCUT2D eigenvalue weighted by Crippen LogP contribution is -2.07. The third-order valence-corrected chi connectivity index (χ3v) is 8.60. The van der Waals surface area contributed by atoms with Crippen LogP contribution in [0.15, 0.2) is 103 Å². The molecule has 7 aromatic carbocycles. The van der Waals surface area contributed by atoms with E-state index in [1.54, 1.807) is 12.1 Å². The highest BCUT2D eigenvalue weighted by molar-refractivity contribution is 6.48. The lowest BCUT2D eigenvalue weighted by atomic mass is 9.94.